The SMILES string of the molecule is COc1ccc(Nc2ncc(F)c(Nc3ccc(OC)c(OC)c3)n2)cc1OC. The first-order valence-electron chi connectivity index (χ1n) is 8.58. The molecule has 1 heterocycles. The molecule has 0 saturated heterocycles. The molecule has 1 aromatic heterocycles. The molecule has 0 bridgehead atoms. The van der Waals surface area contributed by atoms with E-state index in [9.17, 15) is 4.39 Å². The summed E-state index contributed by atoms with van der Waals surface area (Å²) in [5.74, 6) is 1.83. The quantitative estimate of drug-likeness (QED) is 0.584. The Morgan fingerprint density at radius 2 is 1.24 bits per heavy atom. The van der Waals surface area contributed by atoms with Gasteiger partial charge in [-0.2, -0.15) is 4.98 Å². The van der Waals surface area contributed by atoms with Crippen LogP contribution >= 0.6 is 0 Å². The van der Waals surface area contributed by atoms with Crippen LogP contribution < -0.4 is 29.6 Å². The average Bonchev–Trinajstić information content (AvgIpc) is 2.75. The zero-order valence-corrected chi connectivity index (χ0v) is 16.4. The van der Waals surface area contributed by atoms with E-state index in [0.29, 0.717) is 34.4 Å². The van der Waals surface area contributed by atoms with Crippen molar-refractivity contribution in [2.75, 3.05) is 39.1 Å². The number of benzene rings is 2. The lowest BCUT2D eigenvalue weighted by atomic mass is 10.2. The van der Waals surface area contributed by atoms with Crippen molar-refractivity contribution < 1.29 is 23.3 Å². The van der Waals surface area contributed by atoms with Gasteiger partial charge in [0.25, 0.3) is 0 Å². The lowest BCUT2D eigenvalue weighted by Gasteiger charge is -2.13. The average molecular weight is 400 g/mol. The van der Waals surface area contributed by atoms with Crippen LogP contribution in [0.25, 0.3) is 0 Å². The summed E-state index contributed by atoms with van der Waals surface area (Å²) in [6.07, 6.45) is 1.08. The third-order valence-corrected chi connectivity index (χ3v) is 4.03. The molecule has 8 nitrogen and oxygen atoms in total. The van der Waals surface area contributed by atoms with Gasteiger partial charge in [-0.15, -0.1) is 0 Å². The van der Waals surface area contributed by atoms with Crippen LogP contribution in [0.2, 0.25) is 0 Å². The smallest absolute Gasteiger partial charge is 0.229 e. The van der Waals surface area contributed by atoms with E-state index in [4.69, 9.17) is 18.9 Å². The second-order valence-electron chi connectivity index (χ2n) is 5.78. The Bertz CT molecular complexity index is 1000. The zero-order chi connectivity index (χ0) is 20.8. The third kappa shape index (κ3) is 4.57. The highest BCUT2D eigenvalue weighted by Crippen LogP contribution is 2.32. The summed E-state index contributed by atoms with van der Waals surface area (Å²) in [7, 11) is 6.17. The van der Waals surface area contributed by atoms with Crippen LogP contribution in [-0.4, -0.2) is 38.4 Å². The molecule has 0 unspecified atom stereocenters. The molecule has 0 aliphatic carbocycles. The largest absolute Gasteiger partial charge is 0.493 e. The topological polar surface area (TPSA) is 86.8 Å². The number of halogens is 1. The van der Waals surface area contributed by atoms with Gasteiger partial charge in [-0.25, -0.2) is 9.37 Å². The summed E-state index contributed by atoms with van der Waals surface area (Å²) in [5.41, 5.74) is 1.24. The minimum absolute atomic E-state index is 0.00944. The van der Waals surface area contributed by atoms with E-state index in [-0.39, 0.29) is 11.8 Å². The van der Waals surface area contributed by atoms with E-state index in [1.54, 1.807) is 57.7 Å². The summed E-state index contributed by atoms with van der Waals surface area (Å²) in [4.78, 5) is 8.19. The van der Waals surface area contributed by atoms with Gasteiger partial charge < -0.3 is 29.6 Å². The normalized spacial score (nSPS) is 10.2. The third-order valence-electron chi connectivity index (χ3n) is 4.03. The van der Waals surface area contributed by atoms with Gasteiger partial charge in [0.2, 0.25) is 5.95 Å². The fraction of sp³-hybridized carbons (Fsp3) is 0.200. The van der Waals surface area contributed by atoms with Crippen molar-refractivity contribution in [1.82, 2.24) is 9.97 Å². The fourth-order valence-corrected chi connectivity index (χ4v) is 2.61. The molecular formula is C20H21FN4O4. The monoisotopic (exact) mass is 400 g/mol. The van der Waals surface area contributed by atoms with E-state index in [2.05, 4.69) is 20.6 Å². The Balaban J connectivity index is 1.83. The van der Waals surface area contributed by atoms with Crippen molar-refractivity contribution in [3.05, 3.63) is 48.4 Å². The highest BCUT2D eigenvalue weighted by atomic mass is 19.1. The van der Waals surface area contributed by atoms with Crippen LogP contribution in [0.1, 0.15) is 0 Å². The van der Waals surface area contributed by atoms with Gasteiger partial charge in [-0.3, -0.25) is 0 Å². The van der Waals surface area contributed by atoms with Crippen LogP contribution in [0.5, 0.6) is 23.0 Å². The highest BCUT2D eigenvalue weighted by Gasteiger charge is 2.11. The second-order valence-corrected chi connectivity index (χ2v) is 5.78. The number of hydrogen-bond donors (Lipinski definition) is 2. The Kier molecular flexibility index (Phi) is 6.18. The number of nitrogens with zero attached hydrogens (tertiary/aromatic N) is 2. The summed E-state index contributed by atoms with van der Waals surface area (Å²) < 4.78 is 35.2. The maximum atomic E-state index is 14.2. The van der Waals surface area contributed by atoms with Crippen molar-refractivity contribution in [2.24, 2.45) is 0 Å². The van der Waals surface area contributed by atoms with Crippen LogP contribution in [-0.2, 0) is 0 Å². The van der Waals surface area contributed by atoms with Gasteiger partial charge >= 0.3 is 0 Å². The van der Waals surface area contributed by atoms with Crippen LogP contribution in [0.3, 0.4) is 0 Å². The number of methoxy groups -OCH3 is 4. The second kappa shape index (κ2) is 8.96. The molecule has 0 saturated carbocycles. The summed E-state index contributed by atoms with van der Waals surface area (Å²) in [5, 5.41) is 5.93. The molecule has 0 spiro atoms. The number of hydrogen-bond acceptors (Lipinski definition) is 8. The van der Waals surface area contributed by atoms with Crippen molar-refractivity contribution in [1.29, 1.82) is 0 Å². The molecule has 2 N–H and O–H groups in total. The summed E-state index contributed by atoms with van der Waals surface area (Å²) >= 11 is 0. The van der Waals surface area contributed by atoms with Gasteiger partial charge in [0.05, 0.1) is 34.6 Å². The maximum Gasteiger partial charge on any atom is 0.229 e. The Morgan fingerprint density at radius 1 is 0.724 bits per heavy atom. The van der Waals surface area contributed by atoms with Gasteiger partial charge in [0.1, 0.15) is 0 Å². The fourth-order valence-electron chi connectivity index (χ4n) is 2.61. The summed E-state index contributed by atoms with van der Waals surface area (Å²) in [6, 6.07) is 10.4. The number of ether oxygens (including phenoxy) is 4. The molecule has 0 aliphatic heterocycles. The first kappa shape index (κ1) is 20.0. The number of aromatic nitrogens is 2. The Morgan fingerprint density at radius 3 is 1.76 bits per heavy atom. The number of anilines is 4. The molecule has 9 heteroatoms. The molecule has 3 rings (SSSR count). The van der Waals surface area contributed by atoms with E-state index < -0.39 is 5.82 Å². The first-order valence-corrected chi connectivity index (χ1v) is 8.58. The zero-order valence-electron chi connectivity index (χ0n) is 16.4. The minimum atomic E-state index is -0.599. The standard InChI is InChI=1S/C20H21FN4O4/c1-26-15-7-5-12(9-17(15)28-3)23-19-14(21)11-22-20(25-19)24-13-6-8-16(27-2)18(10-13)29-4/h5-11H,1-4H3,(H2,22,23,24,25). The van der Waals surface area contributed by atoms with Crippen molar-refractivity contribution in [3.63, 3.8) is 0 Å². The maximum absolute atomic E-state index is 14.2. The molecular weight excluding hydrogens is 379 g/mol. The Labute approximate surface area is 167 Å². The number of nitrogens with one attached hydrogen (secondary N) is 2. The van der Waals surface area contributed by atoms with Gasteiger partial charge in [0.15, 0.2) is 34.6 Å². The first-order chi connectivity index (χ1) is 14.1. The Hall–Kier alpha value is -3.75. The minimum Gasteiger partial charge on any atom is -0.493 e. The van der Waals surface area contributed by atoms with E-state index in [1.165, 1.54) is 7.11 Å². The van der Waals surface area contributed by atoms with Crippen LogP contribution in [0.15, 0.2) is 42.6 Å². The lowest BCUT2D eigenvalue weighted by Crippen LogP contribution is -2.04. The van der Waals surface area contributed by atoms with E-state index in [0.717, 1.165) is 6.20 Å². The lowest BCUT2D eigenvalue weighted by molar-refractivity contribution is 0.355. The molecule has 0 atom stereocenters. The van der Waals surface area contributed by atoms with E-state index in [1.807, 2.05) is 0 Å². The van der Waals surface area contributed by atoms with Gasteiger partial charge in [-0.1, -0.05) is 0 Å². The van der Waals surface area contributed by atoms with Gasteiger partial charge in [0, 0.05) is 23.5 Å². The summed E-state index contributed by atoms with van der Waals surface area (Å²) in [6.45, 7) is 0. The number of rotatable bonds is 8. The molecule has 2 aromatic carbocycles. The van der Waals surface area contributed by atoms with E-state index >= 15 is 0 Å². The predicted molar refractivity (Wildman–Crippen MR) is 108 cm³/mol. The molecule has 0 fully saturated rings. The van der Waals surface area contributed by atoms with Crippen molar-refractivity contribution in [2.45, 2.75) is 0 Å². The predicted octanol–water partition coefficient (Wildman–Crippen LogP) is 4.14. The molecule has 29 heavy (non-hydrogen) atoms. The molecule has 0 aliphatic rings. The molecule has 3 aromatic rings. The van der Waals surface area contributed by atoms with Crippen molar-refractivity contribution in [3.8, 4) is 23.0 Å². The molecule has 0 radical (unpaired) electrons. The van der Waals surface area contributed by atoms with Crippen molar-refractivity contribution >= 4 is 23.1 Å². The van der Waals surface area contributed by atoms with Crippen LogP contribution in [0.4, 0.5) is 27.5 Å². The highest BCUT2D eigenvalue weighted by molar-refractivity contribution is 5.64. The molecule has 152 valence electrons. The van der Waals surface area contributed by atoms with Crippen LogP contribution in [0, 0.1) is 5.82 Å². The molecule has 0 amide bonds. The van der Waals surface area contributed by atoms with Gasteiger partial charge in [-0.05, 0) is 24.3 Å².